The third-order valence-corrected chi connectivity index (χ3v) is 4.44. The molecular weight excluding hydrogens is 296 g/mol. The molecule has 124 valence electrons. The number of carbonyl (C=O) groups is 1. The van der Waals surface area contributed by atoms with Gasteiger partial charge in [0.25, 0.3) is 0 Å². The molecule has 0 aliphatic rings. The average Bonchev–Trinajstić information content (AvgIpc) is 2.97. The maximum absolute atomic E-state index is 12.2. The van der Waals surface area contributed by atoms with Crippen molar-refractivity contribution in [1.82, 2.24) is 9.88 Å². The number of hydrogen-bond acceptors (Lipinski definition) is 1. The van der Waals surface area contributed by atoms with Crippen molar-refractivity contribution >= 4 is 16.8 Å². The highest BCUT2D eigenvalue weighted by Gasteiger charge is 2.09. The Balaban J connectivity index is 1.59. The SMILES string of the molecule is CCn1cc(CCC(=O)NCc2ccc(C)cc2)c2ccccc21. The minimum Gasteiger partial charge on any atom is -0.352 e. The van der Waals surface area contributed by atoms with Crippen LogP contribution in [0.15, 0.2) is 54.7 Å². The fraction of sp³-hybridized carbons (Fsp3) is 0.286. The quantitative estimate of drug-likeness (QED) is 0.725. The van der Waals surface area contributed by atoms with Crippen molar-refractivity contribution in [2.24, 2.45) is 0 Å². The molecular formula is C21H24N2O. The van der Waals surface area contributed by atoms with E-state index in [0.29, 0.717) is 13.0 Å². The van der Waals surface area contributed by atoms with E-state index in [1.807, 2.05) is 0 Å². The highest BCUT2D eigenvalue weighted by Crippen LogP contribution is 2.22. The van der Waals surface area contributed by atoms with Crippen LogP contribution in [-0.2, 0) is 24.3 Å². The van der Waals surface area contributed by atoms with Crippen molar-refractivity contribution in [2.75, 3.05) is 0 Å². The van der Waals surface area contributed by atoms with Crippen molar-refractivity contribution in [1.29, 1.82) is 0 Å². The number of amides is 1. The number of fused-ring (bicyclic) bond motifs is 1. The monoisotopic (exact) mass is 320 g/mol. The van der Waals surface area contributed by atoms with E-state index >= 15 is 0 Å². The summed E-state index contributed by atoms with van der Waals surface area (Å²) in [5.74, 6) is 0.101. The van der Waals surface area contributed by atoms with Gasteiger partial charge in [-0.05, 0) is 37.5 Å². The molecule has 1 N–H and O–H groups in total. The third-order valence-electron chi connectivity index (χ3n) is 4.44. The highest BCUT2D eigenvalue weighted by atomic mass is 16.1. The Labute approximate surface area is 143 Å². The summed E-state index contributed by atoms with van der Waals surface area (Å²) in [5.41, 5.74) is 4.86. The molecule has 1 heterocycles. The minimum absolute atomic E-state index is 0.101. The standard InChI is InChI=1S/C21H24N2O/c1-3-23-15-18(19-6-4-5-7-20(19)23)12-13-21(24)22-14-17-10-8-16(2)9-11-17/h4-11,15H,3,12-14H2,1-2H3,(H,22,24). The third kappa shape index (κ3) is 3.67. The zero-order valence-electron chi connectivity index (χ0n) is 14.4. The van der Waals surface area contributed by atoms with Crippen molar-refractivity contribution in [3.8, 4) is 0 Å². The van der Waals surface area contributed by atoms with Gasteiger partial charge in [-0.25, -0.2) is 0 Å². The van der Waals surface area contributed by atoms with Gasteiger partial charge in [0.1, 0.15) is 0 Å². The molecule has 24 heavy (non-hydrogen) atoms. The van der Waals surface area contributed by atoms with Gasteiger partial charge in [-0.2, -0.15) is 0 Å². The van der Waals surface area contributed by atoms with Crippen LogP contribution in [0.25, 0.3) is 10.9 Å². The smallest absolute Gasteiger partial charge is 0.220 e. The van der Waals surface area contributed by atoms with Gasteiger partial charge in [0, 0.05) is 36.6 Å². The predicted octanol–water partition coefficient (Wildman–Crippen LogP) is 4.22. The molecule has 3 heteroatoms. The number of carbonyl (C=O) groups excluding carboxylic acids is 1. The fourth-order valence-electron chi connectivity index (χ4n) is 3.03. The summed E-state index contributed by atoms with van der Waals surface area (Å²) in [4.78, 5) is 12.2. The van der Waals surface area contributed by atoms with Crippen molar-refractivity contribution in [3.05, 3.63) is 71.4 Å². The van der Waals surface area contributed by atoms with Gasteiger partial charge in [-0.1, -0.05) is 48.0 Å². The van der Waals surface area contributed by atoms with Crippen LogP contribution in [0.3, 0.4) is 0 Å². The zero-order chi connectivity index (χ0) is 16.9. The van der Waals surface area contributed by atoms with Crippen LogP contribution < -0.4 is 5.32 Å². The van der Waals surface area contributed by atoms with E-state index in [4.69, 9.17) is 0 Å². The van der Waals surface area contributed by atoms with Crippen LogP contribution in [0.1, 0.15) is 30.0 Å². The molecule has 1 amide bonds. The van der Waals surface area contributed by atoms with Gasteiger partial charge in [-0.15, -0.1) is 0 Å². The van der Waals surface area contributed by atoms with E-state index in [-0.39, 0.29) is 5.91 Å². The molecule has 1 aromatic heterocycles. The van der Waals surface area contributed by atoms with E-state index in [1.54, 1.807) is 0 Å². The number of rotatable bonds is 6. The maximum atomic E-state index is 12.2. The van der Waals surface area contributed by atoms with Crippen molar-refractivity contribution in [2.45, 2.75) is 39.8 Å². The molecule has 3 nitrogen and oxygen atoms in total. The van der Waals surface area contributed by atoms with Gasteiger partial charge >= 0.3 is 0 Å². The lowest BCUT2D eigenvalue weighted by Gasteiger charge is -2.05. The van der Waals surface area contributed by atoms with Crippen molar-refractivity contribution < 1.29 is 4.79 Å². The van der Waals surface area contributed by atoms with E-state index in [0.717, 1.165) is 18.5 Å². The summed E-state index contributed by atoms with van der Waals surface area (Å²) in [5, 5.41) is 4.27. The van der Waals surface area contributed by atoms with Crippen molar-refractivity contribution in [3.63, 3.8) is 0 Å². The molecule has 0 bridgehead atoms. The molecule has 0 unspecified atom stereocenters. The number of nitrogens with zero attached hydrogens (tertiary/aromatic N) is 1. The molecule has 3 rings (SSSR count). The number of para-hydroxylation sites is 1. The summed E-state index contributed by atoms with van der Waals surface area (Å²) in [6, 6.07) is 16.7. The van der Waals surface area contributed by atoms with E-state index in [9.17, 15) is 4.79 Å². The Morgan fingerprint density at radius 3 is 2.58 bits per heavy atom. The van der Waals surface area contributed by atoms with Crippen LogP contribution >= 0.6 is 0 Å². The van der Waals surface area contributed by atoms with Crippen LogP contribution in [0.5, 0.6) is 0 Å². The Bertz CT molecular complexity index is 831. The first-order valence-electron chi connectivity index (χ1n) is 8.56. The number of aryl methyl sites for hydroxylation is 3. The van der Waals surface area contributed by atoms with Crippen LogP contribution in [-0.4, -0.2) is 10.5 Å². The Morgan fingerprint density at radius 1 is 1.08 bits per heavy atom. The molecule has 0 saturated carbocycles. The number of aromatic nitrogens is 1. The number of hydrogen-bond donors (Lipinski definition) is 1. The molecule has 3 aromatic rings. The summed E-state index contributed by atoms with van der Waals surface area (Å²) in [6.45, 7) is 5.75. The van der Waals surface area contributed by atoms with Gasteiger partial charge in [0.05, 0.1) is 0 Å². The maximum Gasteiger partial charge on any atom is 0.220 e. The summed E-state index contributed by atoms with van der Waals surface area (Å²) in [6.07, 6.45) is 3.47. The lowest BCUT2D eigenvalue weighted by molar-refractivity contribution is -0.121. The lowest BCUT2D eigenvalue weighted by atomic mass is 10.1. The van der Waals surface area contributed by atoms with Gasteiger partial charge in [-0.3, -0.25) is 4.79 Å². The number of benzene rings is 2. The van der Waals surface area contributed by atoms with Crippen LogP contribution in [0.2, 0.25) is 0 Å². The van der Waals surface area contributed by atoms with Gasteiger partial charge in [0.15, 0.2) is 0 Å². The Hall–Kier alpha value is -2.55. The van der Waals surface area contributed by atoms with Crippen LogP contribution in [0, 0.1) is 6.92 Å². The van der Waals surface area contributed by atoms with Crippen LogP contribution in [0.4, 0.5) is 0 Å². The molecule has 0 aliphatic carbocycles. The second kappa shape index (κ2) is 7.35. The van der Waals surface area contributed by atoms with E-state index in [2.05, 4.69) is 78.5 Å². The largest absolute Gasteiger partial charge is 0.352 e. The second-order valence-corrected chi connectivity index (χ2v) is 6.22. The first kappa shape index (κ1) is 16.3. The minimum atomic E-state index is 0.101. The summed E-state index contributed by atoms with van der Waals surface area (Å²) in [7, 11) is 0. The summed E-state index contributed by atoms with van der Waals surface area (Å²) >= 11 is 0. The highest BCUT2D eigenvalue weighted by molar-refractivity contribution is 5.85. The lowest BCUT2D eigenvalue weighted by Crippen LogP contribution is -2.22. The molecule has 0 aliphatic heterocycles. The number of nitrogens with one attached hydrogen (secondary N) is 1. The molecule has 2 aromatic carbocycles. The van der Waals surface area contributed by atoms with E-state index < -0.39 is 0 Å². The Morgan fingerprint density at radius 2 is 1.83 bits per heavy atom. The molecule has 0 spiro atoms. The average molecular weight is 320 g/mol. The molecule has 0 saturated heterocycles. The van der Waals surface area contributed by atoms with Gasteiger partial charge < -0.3 is 9.88 Å². The summed E-state index contributed by atoms with van der Waals surface area (Å²) < 4.78 is 2.24. The van der Waals surface area contributed by atoms with Gasteiger partial charge in [0.2, 0.25) is 5.91 Å². The first-order chi connectivity index (χ1) is 11.7. The zero-order valence-corrected chi connectivity index (χ0v) is 14.4. The molecule has 0 atom stereocenters. The second-order valence-electron chi connectivity index (χ2n) is 6.22. The Kier molecular flexibility index (Phi) is 4.99. The fourth-order valence-corrected chi connectivity index (χ4v) is 3.03. The predicted molar refractivity (Wildman–Crippen MR) is 99.0 cm³/mol. The topological polar surface area (TPSA) is 34.0 Å². The normalized spacial score (nSPS) is 10.9. The molecule has 0 fully saturated rings. The van der Waals surface area contributed by atoms with E-state index in [1.165, 1.54) is 22.0 Å². The first-order valence-corrected chi connectivity index (χ1v) is 8.56. The molecule has 0 radical (unpaired) electrons.